The molecule has 0 atom stereocenters. The Morgan fingerprint density at radius 1 is 1.21 bits per heavy atom. The van der Waals surface area contributed by atoms with Gasteiger partial charge >= 0.3 is 0 Å². The molecular formula is C22H19F2N7OS. The molecule has 0 spiro atoms. The number of nitrogens with zero attached hydrogens (tertiary/aromatic N) is 6. The zero-order valence-corrected chi connectivity index (χ0v) is 18.8. The maximum absolute atomic E-state index is 13.9. The fourth-order valence-corrected chi connectivity index (χ4v) is 4.73. The number of aromatic nitrogens is 6. The van der Waals surface area contributed by atoms with Crippen LogP contribution in [0.3, 0.4) is 0 Å². The van der Waals surface area contributed by atoms with Gasteiger partial charge in [0.05, 0.1) is 33.2 Å². The molecule has 33 heavy (non-hydrogen) atoms. The van der Waals surface area contributed by atoms with Crippen molar-refractivity contribution in [2.45, 2.75) is 26.8 Å². The number of halogens is 2. The number of aryl methyl sites for hydroxylation is 3. The summed E-state index contributed by atoms with van der Waals surface area (Å²) < 4.78 is 31.7. The molecule has 1 amide bonds. The average molecular weight is 468 g/mol. The van der Waals surface area contributed by atoms with Gasteiger partial charge in [0.2, 0.25) is 5.91 Å². The van der Waals surface area contributed by atoms with E-state index in [-0.39, 0.29) is 29.0 Å². The van der Waals surface area contributed by atoms with Gasteiger partial charge in [-0.15, -0.1) is 0 Å². The number of benzene rings is 1. The van der Waals surface area contributed by atoms with Gasteiger partial charge in [0.15, 0.2) is 10.8 Å². The van der Waals surface area contributed by atoms with E-state index in [1.165, 1.54) is 22.1 Å². The number of nitrogens with one attached hydrogen (secondary N) is 1. The number of fused-ring (bicyclic) bond motifs is 2. The van der Waals surface area contributed by atoms with Crippen molar-refractivity contribution in [3.63, 3.8) is 0 Å². The molecule has 5 rings (SSSR count). The smallest absolute Gasteiger partial charge is 0.264 e. The number of pyridine rings is 1. The predicted molar refractivity (Wildman–Crippen MR) is 122 cm³/mol. The summed E-state index contributed by atoms with van der Waals surface area (Å²) in [4.78, 5) is 21.7. The highest BCUT2D eigenvalue weighted by atomic mass is 32.1. The SMILES string of the molecule is Cc1ccc2nc(NC(=O)Cn3nc(C)c4c(C(F)F)cc(-c5cnn(C)c5)nc43)sc2c1. The third-order valence-electron chi connectivity index (χ3n) is 5.23. The highest BCUT2D eigenvalue weighted by molar-refractivity contribution is 7.22. The molecule has 0 radical (unpaired) electrons. The summed E-state index contributed by atoms with van der Waals surface area (Å²) in [6, 6.07) is 7.21. The molecule has 11 heteroatoms. The topological polar surface area (TPSA) is 90.5 Å². The van der Waals surface area contributed by atoms with Gasteiger partial charge in [-0.25, -0.2) is 23.4 Å². The van der Waals surface area contributed by atoms with E-state index in [4.69, 9.17) is 0 Å². The summed E-state index contributed by atoms with van der Waals surface area (Å²) in [7, 11) is 1.73. The molecule has 4 aromatic heterocycles. The van der Waals surface area contributed by atoms with Gasteiger partial charge in [-0.3, -0.25) is 9.48 Å². The van der Waals surface area contributed by atoms with Crippen LogP contribution < -0.4 is 5.32 Å². The van der Waals surface area contributed by atoms with Crippen molar-refractivity contribution in [3.8, 4) is 11.3 Å². The monoisotopic (exact) mass is 467 g/mol. The lowest BCUT2D eigenvalue weighted by atomic mass is 10.1. The molecule has 0 bridgehead atoms. The van der Waals surface area contributed by atoms with Crippen molar-refractivity contribution in [1.29, 1.82) is 0 Å². The Kier molecular flexibility index (Phi) is 5.12. The molecular weight excluding hydrogens is 448 g/mol. The van der Waals surface area contributed by atoms with Crippen molar-refractivity contribution in [1.82, 2.24) is 29.5 Å². The van der Waals surface area contributed by atoms with Gasteiger partial charge in [-0.05, 0) is 37.6 Å². The first-order chi connectivity index (χ1) is 15.8. The first-order valence-electron chi connectivity index (χ1n) is 10.1. The lowest BCUT2D eigenvalue weighted by Crippen LogP contribution is -2.19. The summed E-state index contributed by atoms with van der Waals surface area (Å²) in [6.45, 7) is 3.43. The Hall–Kier alpha value is -3.73. The van der Waals surface area contributed by atoms with Gasteiger partial charge < -0.3 is 5.32 Å². The van der Waals surface area contributed by atoms with Crippen LogP contribution in [-0.4, -0.2) is 35.4 Å². The fourth-order valence-electron chi connectivity index (χ4n) is 3.75. The summed E-state index contributed by atoms with van der Waals surface area (Å²) in [6.07, 6.45) is 0.527. The van der Waals surface area contributed by atoms with Crippen LogP contribution in [-0.2, 0) is 18.4 Å². The number of hydrogen-bond acceptors (Lipinski definition) is 6. The number of alkyl halides is 2. The quantitative estimate of drug-likeness (QED) is 0.407. The number of hydrogen-bond donors (Lipinski definition) is 1. The lowest BCUT2D eigenvalue weighted by molar-refractivity contribution is -0.116. The van der Waals surface area contributed by atoms with Crippen LogP contribution in [0.25, 0.3) is 32.5 Å². The van der Waals surface area contributed by atoms with E-state index in [0.717, 1.165) is 15.8 Å². The number of rotatable bonds is 5. The number of carbonyl (C=O) groups excluding carboxylic acids is 1. The molecule has 1 N–H and O–H groups in total. The van der Waals surface area contributed by atoms with E-state index >= 15 is 0 Å². The van der Waals surface area contributed by atoms with Gasteiger partial charge in [0.1, 0.15) is 6.54 Å². The Morgan fingerprint density at radius 2 is 2.03 bits per heavy atom. The number of anilines is 1. The van der Waals surface area contributed by atoms with Gasteiger partial charge in [-0.2, -0.15) is 10.2 Å². The van der Waals surface area contributed by atoms with Gasteiger partial charge in [0, 0.05) is 24.4 Å². The number of amides is 1. The molecule has 0 aliphatic heterocycles. The zero-order chi connectivity index (χ0) is 23.3. The van der Waals surface area contributed by atoms with Crippen molar-refractivity contribution in [3.05, 3.63) is 53.5 Å². The van der Waals surface area contributed by atoms with Gasteiger partial charge in [-0.1, -0.05) is 17.4 Å². The Balaban J connectivity index is 1.50. The molecule has 0 saturated carbocycles. The van der Waals surface area contributed by atoms with Crippen LogP contribution in [0.4, 0.5) is 13.9 Å². The second-order valence-corrected chi connectivity index (χ2v) is 8.81. The van der Waals surface area contributed by atoms with Crippen molar-refractivity contribution >= 4 is 43.6 Å². The average Bonchev–Trinajstić information content (AvgIpc) is 3.44. The second kappa shape index (κ2) is 8.00. The maximum atomic E-state index is 13.9. The summed E-state index contributed by atoms with van der Waals surface area (Å²) >= 11 is 1.37. The third kappa shape index (κ3) is 3.95. The van der Waals surface area contributed by atoms with Crippen molar-refractivity contribution in [2.24, 2.45) is 7.05 Å². The number of thiazole rings is 1. The minimum absolute atomic E-state index is 0.176. The van der Waals surface area contributed by atoms with Crippen LogP contribution in [0.15, 0.2) is 36.7 Å². The van der Waals surface area contributed by atoms with E-state index < -0.39 is 6.43 Å². The normalized spacial score (nSPS) is 11.7. The molecule has 0 saturated heterocycles. The summed E-state index contributed by atoms with van der Waals surface area (Å²) in [5, 5.41) is 11.9. The fraction of sp³-hybridized carbons (Fsp3) is 0.227. The second-order valence-electron chi connectivity index (χ2n) is 7.78. The maximum Gasteiger partial charge on any atom is 0.264 e. The van der Waals surface area contributed by atoms with Crippen LogP contribution in [0, 0.1) is 13.8 Å². The van der Waals surface area contributed by atoms with E-state index in [1.54, 1.807) is 31.0 Å². The molecule has 1 aromatic carbocycles. The largest absolute Gasteiger partial charge is 0.300 e. The first kappa shape index (κ1) is 21.1. The Morgan fingerprint density at radius 3 is 2.76 bits per heavy atom. The molecule has 8 nitrogen and oxygen atoms in total. The molecule has 5 aromatic rings. The van der Waals surface area contributed by atoms with Gasteiger partial charge in [0.25, 0.3) is 6.43 Å². The summed E-state index contributed by atoms with van der Waals surface area (Å²) in [5.41, 5.74) is 3.27. The Bertz CT molecular complexity index is 1520. The highest BCUT2D eigenvalue weighted by Crippen LogP contribution is 2.33. The molecule has 168 valence electrons. The zero-order valence-electron chi connectivity index (χ0n) is 18.0. The predicted octanol–water partition coefficient (Wildman–Crippen LogP) is 4.63. The molecule has 0 aliphatic rings. The van der Waals surface area contributed by atoms with E-state index in [9.17, 15) is 13.6 Å². The van der Waals surface area contributed by atoms with Crippen LogP contribution in [0.5, 0.6) is 0 Å². The standard InChI is InChI=1S/C22H19F2N7OS/c1-11-4-5-15-17(6-11)33-22(27-15)28-18(32)10-31-21-19(12(2)29-31)14(20(23)24)7-16(26-21)13-8-25-30(3)9-13/h4-9,20H,10H2,1-3H3,(H,27,28,32). The van der Waals surface area contributed by atoms with Crippen LogP contribution in [0.2, 0.25) is 0 Å². The van der Waals surface area contributed by atoms with Crippen molar-refractivity contribution < 1.29 is 13.6 Å². The molecule has 0 unspecified atom stereocenters. The van der Waals surface area contributed by atoms with E-state index in [2.05, 4.69) is 25.5 Å². The third-order valence-corrected chi connectivity index (χ3v) is 6.16. The molecule has 0 aliphatic carbocycles. The summed E-state index contributed by atoms with van der Waals surface area (Å²) in [5.74, 6) is -0.373. The van der Waals surface area contributed by atoms with E-state index in [1.807, 2.05) is 25.1 Å². The van der Waals surface area contributed by atoms with Crippen LogP contribution >= 0.6 is 11.3 Å². The molecule has 4 heterocycles. The van der Waals surface area contributed by atoms with Crippen molar-refractivity contribution in [2.75, 3.05) is 5.32 Å². The highest BCUT2D eigenvalue weighted by Gasteiger charge is 2.22. The molecule has 0 fully saturated rings. The minimum Gasteiger partial charge on any atom is -0.300 e. The van der Waals surface area contributed by atoms with Crippen LogP contribution in [0.1, 0.15) is 23.2 Å². The van der Waals surface area contributed by atoms with E-state index in [0.29, 0.717) is 22.1 Å². The first-order valence-corrected chi connectivity index (χ1v) is 10.9. The number of carbonyl (C=O) groups is 1. The Labute approximate surface area is 190 Å². The lowest BCUT2D eigenvalue weighted by Gasteiger charge is -2.07. The minimum atomic E-state index is -2.72.